The van der Waals surface area contributed by atoms with Crippen molar-refractivity contribution in [1.82, 2.24) is 20.3 Å². The first-order chi connectivity index (χ1) is 8.24. The number of ether oxygens (including phenoxy) is 1. The number of aromatic amines is 1. The molecule has 1 N–H and O–H groups in total. The molecule has 0 unspecified atom stereocenters. The molecule has 2 rings (SSSR count). The van der Waals surface area contributed by atoms with Crippen molar-refractivity contribution < 1.29 is 14.3 Å². The summed E-state index contributed by atoms with van der Waals surface area (Å²) in [4.78, 5) is 25.2. The van der Waals surface area contributed by atoms with Crippen molar-refractivity contribution in [2.75, 3.05) is 13.7 Å². The van der Waals surface area contributed by atoms with Crippen LogP contribution in [0.25, 0.3) is 0 Å². The molecule has 0 radical (unpaired) electrons. The Morgan fingerprint density at radius 3 is 3.00 bits per heavy atom. The van der Waals surface area contributed by atoms with E-state index in [0.29, 0.717) is 13.0 Å². The van der Waals surface area contributed by atoms with Gasteiger partial charge in [-0.25, -0.2) is 4.79 Å². The molecule has 0 spiro atoms. The number of amides is 1. The minimum Gasteiger partial charge on any atom is -0.467 e. The van der Waals surface area contributed by atoms with Crippen LogP contribution >= 0.6 is 0 Å². The van der Waals surface area contributed by atoms with Crippen molar-refractivity contribution in [3.8, 4) is 0 Å². The second-order valence-electron chi connectivity index (χ2n) is 3.89. The number of H-pyrrole nitrogens is 1. The second-order valence-corrected chi connectivity index (χ2v) is 3.89. The number of piperidine rings is 1. The third-order valence-corrected chi connectivity index (χ3v) is 2.87. The molecular weight excluding hydrogens is 224 g/mol. The number of carbonyl (C=O) groups is 2. The van der Waals surface area contributed by atoms with E-state index in [0.717, 1.165) is 12.8 Å². The van der Waals surface area contributed by atoms with E-state index in [1.165, 1.54) is 18.2 Å². The largest absolute Gasteiger partial charge is 0.467 e. The third-order valence-electron chi connectivity index (χ3n) is 2.87. The molecule has 7 heteroatoms. The number of carbonyl (C=O) groups excluding carboxylic acids is 2. The normalized spacial score (nSPS) is 20.1. The third kappa shape index (κ3) is 2.27. The van der Waals surface area contributed by atoms with Gasteiger partial charge in [0.1, 0.15) is 6.04 Å². The predicted octanol–water partition coefficient (Wildman–Crippen LogP) is -0.0276. The lowest BCUT2D eigenvalue weighted by Gasteiger charge is -2.33. The van der Waals surface area contributed by atoms with E-state index in [1.54, 1.807) is 0 Å². The molecule has 1 saturated heterocycles. The molecule has 1 atom stereocenters. The Labute approximate surface area is 98.1 Å². The molecule has 1 aromatic heterocycles. The highest BCUT2D eigenvalue weighted by Crippen LogP contribution is 2.19. The maximum absolute atomic E-state index is 12.1. The van der Waals surface area contributed by atoms with Crippen LogP contribution in [0.5, 0.6) is 0 Å². The van der Waals surface area contributed by atoms with Crippen LogP contribution in [-0.4, -0.2) is 51.9 Å². The van der Waals surface area contributed by atoms with Crippen LogP contribution < -0.4 is 0 Å². The quantitative estimate of drug-likeness (QED) is 0.731. The SMILES string of the molecule is COC(=O)[C@H]1CCCCN1C(=O)c1cn[nH]n1. The first-order valence-electron chi connectivity index (χ1n) is 5.48. The van der Waals surface area contributed by atoms with Gasteiger partial charge < -0.3 is 9.64 Å². The van der Waals surface area contributed by atoms with Gasteiger partial charge in [-0.1, -0.05) is 0 Å². The fourth-order valence-corrected chi connectivity index (χ4v) is 2.01. The molecule has 1 aliphatic rings. The molecule has 1 aliphatic heterocycles. The van der Waals surface area contributed by atoms with Crippen LogP contribution in [0.1, 0.15) is 29.8 Å². The highest BCUT2D eigenvalue weighted by Gasteiger charge is 2.34. The summed E-state index contributed by atoms with van der Waals surface area (Å²) in [6.45, 7) is 0.547. The lowest BCUT2D eigenvalue weighted by Crippen LogP contribution is -2.48. The molecule has 0 aliphatic carbocycles. The molecule has 1 amide bonds. The van der Waals surface area contributed by atoms with Crippen molar-refractivity contribution >= 4 is 11.9 Å². The van der Waals surface area contributed by atoms with E-state index < -0.39 is 6.04 Å². The van der Waals surface area contributed by atoms with Crippen LogP contribution in [0.4, 0.5) is 0 Å². The van der Waals surface area contributed by atoms with E-state index in [-0.39, 0.29) is 17.6 Å². The average Bonchev–Trinajstić information content (AvgIpc) is 2.91. The molecule has 2 heterocycles. The Bertz CT molecular complexity index is 404. The van der Waals surface area contributed by atoms with Crippen molar-refractivity contribution in [3.05, 3.63) is 11.9 Å². The Kier molecular flexibility index (Phi) is 3.36. The second kappa shape index (κ2) is 4.94. The fraction of sp³-hybridized carbons (Fsp3) is 0.600. The molecular formula is C10H14N4O3. The number of methoxy groups -OCH3 is 1. The van der Waals surface area contributed by atoms with E-state index in [1.807, 2.05) is 0 Å². The summed E-state index contributed by atoms with van der Waals surface area (Å²) in [5, 5.41) is 9.70. The summed E-state index contributed by atoms with van der Waals surface area (Å²) in [6, 6.07) is -0.502. The summed E-state index contributed by atoms with van der Waals surface area (Å²) in [5.74, 6) is -0.657. The maximum Gasteiger partial charge on any atom is 0.328 e. The molecule has 0 aromatic carbocycles. The van der Waals surface area contributed by atoms with E-state index in [2.05, 4.69) is 15.4 Å². The van der Waals surface area contributed by atoms with Gasteiger partial charge in [-0.3, -0.25) is 4.79 Å². The fourth-order valence-electron chi connectivity index (χ4n) is 2.01. The molecule has 1 fully saturated rings. The van der Waals surface area contributed by atoms with Crippen LogP contribution in [0.2, 0.25) is 0 Å². The highest BCUT2D eigenvalue weighted by atomic mass is 16.5. The number of nitrogens with one attached hydrogen (secondary N) is 1. The number of likely N-dealkylation sites (tertiary alicyclic amines) is 1. The summed E-state index contributed by atoms with van der Waals surface area (Å²) in [5.41, 5.74) is 0.223. The van der Waals surface area contributed by atoms with Gasteiger partial charge >= 0.3 is 5.97 Å². The van der Waals surface area contributed by atoms with Crippen LogP contribution in [0.15, 0.2) is 6.20 Å². The molecule has 7 nitrogen and oxygen atoms in total. The monoisotopic (exact) mass is 238 g/mol. The zero-order chi connectivity index (χ0) is 12.3. The molecule has 0 bridgehead atoms. The van der Waals surface area contributed by atoms with Crippen LogP contribution in [0, 0.1) is 0 Å². The topological polar surface area (TPSA) is 88.2 Å². The molecule has 1 aromatic rings. The van der Waals surface area contributed by atoms with E-state index in [9.17, 15) is 9.59 Å². The maximum atomic E-state index is 12.1. The van der Waals surface area contributed by atoms with Crippen molar-refractivity contribution in [2.24, 2.45) is 0 Å². The highest BCUT2D eigenvalue weighted by molar-refractivity contribution is 5.95. The van der Waals surface area contributed by atoms with Crippen LogP contribution in [0.3, 0.4) is 0 Å². The Hall–Kier alpha value is -1.92. The lowest BCUT2D eigenvalue weighted by atomic mass is 10.0. The van der Waals surface area contributed by atoms with Gasteiger partial charge in [-0.05, 0) is 19.3 Å². The van der Waals surface area contributed by atoms with Gasteiger partial charge in [-0.2, -0.15) is 15.4 Å². The minimum atomic E-state index is -0.502. The van der Waals surface area contributed by atoms with Gasteiger partial charge in [0.15, 0.2) is 5.69 Å². The number of aromatic nitrogens is 3. The zero-order valence-corrected chi connectivity index (χ0v) is 9.55. The standard InChI is InChI=1S/C10H14N4O3/c1-17-10(16)8-4-2-3-5-14(8)9(15)7-6-11-13-12-7/h6,8H,2-5H2,1H3,(H,11,12,13)/t8-/m1/s1. The van der Waals surface area contributed by atoms with Crippen LogP contribution in [-0.2, 0) is 9.53 Å². The smallest absolute Gasteiger partial charge is 0.328 e. The van der Waals surface area contributed by atoms with E-state index in [4.69, 9.17) is 4.74 Å². The molecule has 92 valence electrons. The van der Waals surface area contributed by atoms with Crippen molar-refractivity contribution in [2.45, 2.75) is 25.3 Å². The Morgan fingerprint density at radius 1 is 1.53 bits per heavy atom. The van der Waals surface area contributed by atoms with Gasteiger partial charge in [0.05, 0.1) is 13.3 Å². The first-order valence-corrected chi connectivity index (χ1v) is 5.48. The van der Waals surface area contributed by atoms with Gasteiger partial charge in [0, 0.05) is 6.54 Å². The van der Waals surface area contributed by atoms with Crippen molar-refractivity contribution in [1.29, 1.82) is 0 Å². The number of nitrogens with zero attached hydrogens (tertiary/aromatic N) is 3. The first kappa shape index (κ1) is 11.6. The summed E-state index contributed by atoms with van der Waals surface area (Å²) >= 11 is 0. The summed E-state index contributed by atoms with van der Waals surface area (Å²) in [7, 11) is 1.33. The summed E-state index contributed by atoms with van der Waals surface area (Å²) < 4.78 is 4.71. The Morgan fingerprint density at radius 2 is 2.35 bits per heavy atom. The molecule has 17 heavy (non-hydrogen) atoms. The summed E-state index contributed by atoms with van der Waals surface area (Å²) in [6.07, 6.45) is 3.79. The number of esters is 1. The average molecular weight is 238 g/mol. The number of hydrogen-bond donors (Lipinski definition) is 1. The number of rotatable bonds is 2. The van der Waals surface area contributed by atoms with E-state index >= 15 is 0 Å². The minimum absolute atomic E-state index is 0.223. The van der Waals surface area contributed by atoms with Gasteiger partial charge in [0.25, 0.3) is 5.91 Å². The van der Waals surface area contributed by atoms with Crippen molar-refractivity contribution in [3.63, 3.8) is 0 Å². The lowest BCUT2D eigenvalue weighted by molar-refractivity contribution is -0.147. The zero-order valence-electron chi connectivity index (χ0n) is 9.55. The van der Waals surface area contributed by atoms with Gasteiger partial charge in [0.2, 0.25) is 0 Å². The predicted molar refractivity (Wildman–Crippen MR) is 57.1 cm³/mol. The number of hydrogen-bond acceptors (Lipinski definition) is 5. The van der Waals surface area contributed by atoms with Gasteiger partial charge in [-0.15, -0.1) is 0 Å². The Balaban J connectivity index is 2.16. The molecule has 0 saturated carbocycles.